The molecule has 1 heterocycles. The van der Waals surface area contributed by atoms with E-state index in [1.54, 1.807) is 17.5 Å². The van der Waals surface area contributed by atoms with Gasteiger partial charge in [-0.05, 0) is 24.6 Å². The SMILES string of the molecule is COC(=O)c1csc(Nc2cc(Cl)c(C)cc2Cl)n1. The molecule has 100 valence electrons. The molecule has 0 unspecified atom stereocenters. The van der Waals surface area contributed by atoms with E-state index in [1.165, 1.54) is 18.4 Å². The Morgan fingerprint density at radius 1 is 1.37 bits per heavy atom. The second kappa shape index (κ2) is 5.77. The minimum absolute atomic E-state index is 0.254. The number of nitrogens with one attached hydrogen (secondary N) is 1. The molecule has 0 radical (unpaired) electrons. The summed E-state index contributed by atoms with van der Waals surface area (Å²) in [4.78, 5) is 15.4. The predicted molar refractivity (Wildman–Crippen MR) is 77.9 cm³/mol. The average Bonchev–Trinajstić information content (AvgIpc) is 2.83. The molecule has 4 nitrogen and oxygen atoms in total. The first-order valence-corrected chi connectivity index (χ1v) is 6.91. The lowest BCUT2D eigenvalue weighted by atomic mass is 10.2. The number of hydrogen-bond acceptors (Lipinski definition) is 5. The predicted octanol–water partition coefficient (Wildman–Crippen LogP) is 4.29. The van der Waals surface area contributed by atoms with Crippen LogP contribution in [0.2, 0.25) is 10.0 Å². The summed E-state index contributed by atoms with van der Waals surface area (Å²) in [6, 6.07) is 3.49. The number of esters is 1. The van der Waals surface area contributed by atoms with Gasteiger partial charge in [-0.15, -0.1) is 11.3 Å². The molecule has 0 saturated carbocycles. The lowest BCUT2D eigenvalue weighted by Gasteiger charge is -2.07. The molecular weight excluding hydrogens is 307 g/mol. The van der Waals surface area contributed by atoms with Crippen LogP contribution in [0.25, 0.3) is 0 Å². The van der Waals surface area contributed by atoms with Crippen LogP contribution in [0.3, 0.4) is 0 Å². The van der Waals surface area contributed by atoms with Crippen LogP contribution in [0.15, 0.2) is 17.5 Å². The molecule has 2 rings (SSSR count). The van der Waals surface area contributed by atoms with Crippen molar-refractivity contribution in [2.24, 2.45) is 0 Å². The maximum absolute atomic E-state index is 11.3. The third-order valence-electron chi connectivity index (χ3n) is 2.39. The summed E-state index contributed by atoms with van der Waals surface area (Å²) in [5.74, 6) is -0.475. The van der Waals surface area contributed by atoms with Gasteiger partial charge in [-0.2, -0.15) is 0 Å². The van der Waals surface area contributed by atoms with Gasteiger partial charge < -0.3 is 10.1 Å². The third kappa shape index (κ3) is 3.18. The zero-order chi connectivity index (χ0) is 14.0. The van der Waals surface area contributed by atoms with Gasteiger partial charge in [0.05, 0.1) is 17.8 Å². The zero-order valence-corrected chi connectivity index (χ0v) is 12.5. The molecule has 0 spiro atoms. The number of halogens is 2. The van der Waals surface area contributed by atoms with E-state index in [9.17, 15) is 4.79 Å². The Labute approximate surface area is 124 Å². The summed E-state index contributed by atoms with van der Waals surface area (Å²) in [5, 5.41) is 6.32. The quantitative estimate of drug-likeness (QED) is 0.858. The van der Waals surface area contributed by atoms with Gasteiger partial charge in [0.25, 0.3) is 0 Å². The fourth-order valence-electron chi connectivity index (χ4n) is 1.39. The molecule has 0 amide bonds. The normalized spacial score (nSPS) is 10.3. The Kier molecular flexibility index (Phi) is 4.29. The van der Waals surface area contributed by atoms with Gasteiger partial charge in [0.1, 0.15) is 0 Å². The van der Waals surface area contributed by atoms with E-state index in [1.807, 2.05) is 6.92 Å². The minimum atomic E-state index is -0.475. The van der Waals surface area contributed by atoms with E-state index in [4.69, 9.17) is 23.2 Å². The maximum atomic E-state index is 11.3. The number of methoxy groups -OCH3 is 1. The van der Waals surface area contributed by atoms with Crippen molar-refractivity contribution in [2.75, 3.05) is 12.4 Å². The van der Waals surface area contributed by atoms with Gasteiger partial charge in [0, 0.05) is 10.4 Å². The zero-order valence-electron chi connectivity index (χ0n) is 10.2. The molecule has 2 aromatic rings. The maximum Gasteiger partial charge on any atom is 0.357 e. The highest BCUT2D eigenvalue weighted by atomic mass is 35.5. The second-order valence-electron chi connectivity index (χ2n) is 3.74. The molecular formula is C12H10Cl2N2O2S. The van der Waals surface area contributed by atoms with E-state index < -0.39 is 5.97 Å². The average molecular weight is 317 g/mol. The first-order valence-electron chi connectivity index (χ1n) is 5.27. The highest BCUT2D eigenvalue weighted by Crippen LogP contribution is 2.32. The van der Waals surface area contributed by atoms with E-state index in [0.717, 1.165) is 5.56 Å². The molecule has 0 fully saturated rings. The number of anilines is 2. The summed E-state index contributed by atoms with van der Waals surface area (Å²) >= 11 is 13.4. The van der Waals surface area contributed by atoms with Crippen LogP contribution in [-0.2, 0) is 4.74 Å². The molecule has 7 heteroatoms. The van der Waals surface area contributed by atoms with Crippen molar-refractivity contribution in [3.05, 3.63) is 38.8 Å². The van der Waals surface area contributed by atoms with Gasteiger partial charge in [0.15, 0.2) is 10.8 Å². The van der Waals surface area contributed by atoms with Gasteiger partial charge in [-0.25, -0.2) is 9.78 Å². The number of hydrogen-bond donors (Lipinski definition) is 1. The van der Waals surface area contributed by atoms with Crippen molar-refractivity contribution in [1.29, 1.82) is 0 Å². The third-order valence-corrected chi connectivity index (χ3v) is 3.87. The highest BCUT2D eigenvalue weighted by molar-refractivity contribution is 7.14. The number of thiazole rings is 1. The Balaban J connectivity index is 2.24. The smallest absolute Gasteiger partial charge is 0.357 e. The summed E-state index contributed by atoms with van der Waals surface area (Å²) < 4.78 is 4.59. The van der Waals surface area contributed by atoms with Crippen LogP contribution in [0.5, 0.6) is 0 Å². The minimum Gasteiger partial charge on any atom is -0.464 e. The molecule has 0 aliphatic heterocycles. The van der Waals surface area contributed by atoms with E-state index >= 15 is 0 Å². The van der Waals surface area contributed by atoms with Crippen LogP contribution in [0.4, 0.5) is 10.8 Å². The van der Waals surface area contributed by atoms with Gasteiger partial charge in [-0.1, -0.05) is 23.2 Å². The molecule has 0 bridgehead atoms. The van der Waals surface area contributed by atoms with Crippen LogP contribution >= 0.6 is 34.5 Å². The molecule has 1 N–H and O–H groups in total. The van der Waals surface area contributed by atoms with Crippen LogP contribution in [-0.4, -0.2) is 18.1 Å². The summed E-state index contributed by atoms with van der Waals surface area (Å²) in [6.07, 6.45) is 0. The fourth-order valence-corrected chi connectivity index (χ4v) is 2.51. The van der Waals surface area contributed by atoms with Crippen molar-refractivity contribution in [2.45, 2.75) is 6.92 Å². The first-order chi connectivity index (χ1) is 9.01. The number of carbonyl (C=O) groups excluding carboxylic acids is 1. The summed E-state index contributed by atoms with van der Waals surface area (Å²) in [7, 11) is 1.31. The monoisotopic (exact) mass is 316 g/mol. The van der Waals surface area contributed by atoms with Gasteiger partial charge in [-0.3, -0.25) is 0 Å². The summed E-state index contributed by atoms with van der Waals surface area (Å²) in [5.41, 5.74) is 1.79. The van der Waals surface area contributed by atoms with Gasteiger partial charge in [0.2, 0.25) is 0 Å². The number of nitrogens with zero attached hydrogens (tertiary/aromatic N) is 1. The topological polar surface area (TPSA) is 51.2 Å². The summed E-state index contributed by atoms with van der Waals surface area (Å²) in [6.45, 7) is 1.87. The Morgan fingerprint density at radius 2 is 2.11 bits per heavy atom. The van der Waals surface area contributed by atoms with E-state index in [2.05, 4.69) is 15.0 Å². The molecule has 0 saturated heterocycles. The van der Waals surface area contributed by atoms with Crippen molar-refractivity contribution in [3.63, 3.8) is 0 Å². The molecule has 0 aliphatic carbocycles. The number of rotatable bonds is 3. The van der Waals surface area contributed by atoms with Crippen LogP contribution in [0.1, 0.15) is 16.1 Å². The molecule has 1 aromatic carbocycles. The number of benzene rings is 1. The Hall–Kier alpha value is -1.30. The standard InChI is InChI=1S/C12H10Cl2N2O2S/c1-6-3-8(14)9(4-7(6)13)15-12-16-10(5-19-12)11(17)18-2/h3-5H,1-2H3,(H,15,16). The van der Waals surface area contributed by atoms with Crippen LogP contribution < -0.4 is 5.32 Å². The largest absolute Gasteiger partial charge is 0.464 e. The van der Waals surface area contributed by atoms with Crippen LogP contribution in [0, 0.1) is 6.92 Å². The molecule has 0 atom stereocenters. The lowest BCUT2D eigenvalue weighted by Crippen LogP contribution is -2.01. The number of aryl methyl sites for hydroxylation is 1. The molecule has 1 aromatic heterocycles. The fraction of sp³-hybridized carbons (Fsp3) is 0.167. The number of carbonyl (C=O) groups is 1. The van der Waals surface area contributed by atoms with Gasteiger partial charge >= 0.3 is 5.97 Å². The number of aromatic nitrogens is 1. The van der Waals surface area contributed by atoms with E-state index in [0.29, 0.717) is 20.9 Å². The van der Waals surface area contributed by atoms with Crippen molar-refractivity contribution in [1.82, 2.24) is 4.98 Å². The van der Waals surface area contributed by atoms with E-state index in [-0.39, 0.29) is 5.69 Å². The van der Waals surface area contributed by atoms with Crippen molar-refractivity contribution in [3.8, 4) is 0 Å². The first kappa shape index (κ1) is 14.1. The number of ether oxygens (including phenoxy) is 1. The molecule has 0 aliphatic rings. The lowest BCUT2D eigenvalue weighted by molar-refractivity contribution is 0.0595. The van der Waals surface area contributed by atoms with Crippen molar-refractivity contribution >= 4 is 51.3 Å². The second-order valence-corrected chi connectivity index (χ2v) is 5.41. The Bertz CT molecular complexity index is 628. The highest BCUT2D eigenvalue weighted by Gasteiger charge is 2.12. The molecule has 19 heavy (non-hydrogen) atoms. The Morgan fingerprint density at radius 3 is 2.79 bits per heavy atom. The van der Waals surface area contributed by atoms with Crippen molar-refractivity contribution < 1.29 is 9.53 Å².